The summed E-state index contributed by atoms with van der Waals surface area (Å²) in [6, 6.07) is 6.02. The summed E-state index contributed by atoms with van der Waals surface area (Å²) in [5, 5.41) is 0. The fourth-order valence-electron chi connectivity index (χ4n) is 1.92. The highest BCUT2D eigenvalue weighted by atomic mass is 19.1. The Kier molecular flexibility index (Phi) is 4.52. The fourth-order valence-corrected chi connectivity index (χ4v) is 1.92. The molecule has 4 nitrogen and oxygen atoms in total. The van der Waals surface area contributed by atoms with E-state index in [2.05, 4.69) is 4.90 Å². The summed E-state index contributed by atoms with van der Waals surface area (Å²) in [5.74, 6) is 0.426. The van der Waals surface area contributed by atoms with Crippen LogP contribution in [0.25, 0.3) is 0 Å². The molecule has 0 bridgehead atoms. The summed E-state index contributed by atoms with van der Waals surface area (Å²) in [5.41, 5.74) is 0. The molecule has 1 aliphatic heterocycles. The number of halogens is 1. The van der Waals surface area contributed by atoms with Crippen LogP contribution < -0.4 is 4.74 Å². The maximum Gasteiger partial charge on any atom is 0.209 e. The maximum absolute atomic E-state index is 12.7. The van der Waals surface area contributed by atoms with E-state index in [0.717, 1.165) is 39.1 Å². The maximum atomic E-state index is 12.7. The minimum Gasteiger partial charge on any atom is -0.492 e. The molecule has 0 radical (unpaired) electrons. The molecule has 0 unspecified atom stereocenters. The molecular weight excluding hydrogens is 235 g/mol. The molecule has 1 aromatic rings. The summed E-state index contributed by atoms with van der Waals surface area (Å²) in [6.45, 7) is 4.72. The van der Waals surface area contributed by atoms with Gasteiger partial charge in [0.05, 0.1) is 0 Å². The Labute approximate surface area is 106 Å². The second-order valence-electron chi connectivity index (χ2n) is 4.29. The van der Waals surface area contributed by atoms with Gasteiger partial charge in [0, 0.05) is 32.7 Å². The third kappa shape index (κ3) is 3.70. The lowest BCUT2D eigenvalue weighted by Crippen LogP contribution is -2.46. The van der Waals surface area contributed by atoms with E-state index >= 15 is 0 Å². The van der Waals surface area contributed by atoms with Gasteiger partial charge >= 0.3 is 0 Å². The molecule has 0 saturated carbocycles. The third-order valence-corrected chi connectivity index (χ3v) is 3.05. The van der Waals surface area contributed by atoms with Crippen molar-refractivity contribution in [2.75, 3.05) is 39.3 Å². The fraction of sp³-hybridized carbons (Fsp3) is 0.462. The number of hydrogen-bond acceptors (Lipinski definition) is 3. The Bertz CT molecular complexity index is 375. The molecule has 0 N–H and O–H groups in total. The molecular formula is C13H17FN2O2. The first-order chi connectivity index (χ1) is 8.78. The van der Waals surface area contributed by atoms with E-state index in [9.17, 15) is 9.18 Å². The monoisotopic (exact) mass is 252 g/mol. The van der Waals surface area contributed by atoms with Crippen LogP contribution in [0.1, 0.15) is 0 Å². The summed E-state index contributed by atoms with van der Waals surface area (Å²) in [6.07, 6.45) is 0.895. The molecule has 1 heterocycles. The molecule has 1 aliphatic rings. The summed E-state index contributed by atoms with van der Waals surface area (Å²) in [7, 11) is 0. The van der Waals surface area contributed by atoms with Gasteiger partial charge in [0.1, 0.15) is 18.2 Å². The number of amides is 1. The normalized spacial score (nSPS) is 16.6. The van der Waals surface area contributed by atoms with Crippen LogP contribution in [0.2, 0.25) is 0 Å². The number of carbonyl (C=O) groups is 1. The van der Waals surface area contributed by atoms with Gasteiger partial charge < -0.3 is 9.64 Å². The van der Waals surface area contributed by atoms with E-state index in [4.69, 9.17) is 4.74 Å². The van der Waals surface area contributed by atoms with Crippen molar-refractivity contribution in [1.29, 1.82) is 0 Å². The highest BCUT2D eigenvalue weighted by Crippen LogP contribution is 2.11. The van der Waals surface area contributed by atoms with Crippen LogP contribution in [0.15, 0.2) is 24.3 Å². The van der Waals surface area contributed by atoms with E-state index in [-0.39, 0.29) is 5.82 Å². The summed E-state index contributed by atoms with van der Waals surface area (Å²) < 4.78 is 18.2. The van der Waals surface area contributed by atoms with Gasteiger partial charge in [-0.05, 0) is 24.3 Å². The van der Waals surface area contributed by atoms with Crippen LogP contribution >= 0.6 is 0 Å². The Balaban J connectivity index is 1.67. The smallest absolute Gasteiger partial charge is 0.209 e. The first-order valence-electron chi connectivity index (χ1n) is 6.08. The van der Waals surface area contributed by atoms with Gasteiger partial charge in [-0.2, -0.15) is 0 Å². The number of nitrogens with zero attached hydrogens (tertiary/aromatic N) is 2. The Morgan fingerprint density at radius 1 is 1.17 bits per heavy atom. The van der Waals surface area contributed by atoms with E-state index < -0.39 is 0 Å². The zero-order chi connectivity index (χ0) is 12.8. The topological polar surface area (TPSA) is 32.8 Å². The number of carbonyl (C=O) groups excluding carboxylic acids is 1. The van der Waals surface area contributed by atoms with E-state index in [1.807, 2.05) is 0 Å². The summed E-state index contributed by atoms with van der Waals surface area (Å²) in [4.78, 5) is 14.6. The van der Waals surface area contributed by atoms with Crippen molar-refractivity contribution >= 4 is 6.41 Å². The van der Waals surface area contributed by atoms with Crippen molar-refractivity contribution in [3.05, 3.63) is 30.1 Å². The average Bonchev–Trinajstić information content (AvgIpc) is 2.42. The van der Waals surface area contributed by atoms with Crippen molar-refractivity contribution < 1.29 is 13.9 Å². The van der Waals surface area contributed by atoms with E-state index in [0.29, 0.717) is 12.4 Å². The standard InChI is InChI=1S/C13H17FN2O2/c14-12-1-3-13(4-2-12)18-10-9-15-5-7-16(11-17)8-6-15/h1-4,11H,5-10H2. The van der Waals surface area contributed by atoms with Crippen LogP contribution in [0, 0.1) is 5.82 Å². The largest absolute Gasteiger partial charge is 0.492 e. The first-order valence-corrected chi connectivity index (χ1v) is 6.08. The second-order valence-corrected chi connectivity index (χ2v) is 4.29. The lowest BCUT2D eigenvalue weighted by molar-refractivity contribution is -0.119. The Morgan fingerprint density at radius 2 is 1.83 bits per heavy atom. The molecule has 0 atom stereocenters. The lowest BCUT2D eigenvalue weighted by Gasteiger charge is -2.32. The van der Waals surface area contributed by atoms with Crippen molar-refractivity contribution in [2.45, 2.75) is 0 Å². The zero-order valence-corrected chi connectivity index (χ0v) is 10.2. The van der Waals surface area contributed by atoms with Crippen LogP contribution in [-0.2, 0) is 4.79 Å². The summed E-state index contributed by atoms with van der Waals surface area (Å²) >= 11 is 0. The molecule has 2 rings (SSSR count). The Hall–Kier alpha value is -1.62. The molecule has 0 aliphatic carbocycles. The molecule has 5 heteroatoms. The number of ether oxygens (including phenoxy) is 1. The van der Waals surface area contributed by atoms with Gasteiger partial charge in [0.25, 0.3) is 0 Å². The lowest BCUT2D eigenvalue weighted by atomic mass is 10.3. The van der Waals surface area contributed by atoms with E-state index in [1.54, 1.807) is 17.0 Å². The van der Waals surface area contributed by atoms with E-state index in [1.165, 1.54) is 12.1 Å². The first kappa shape index (κ1) is 12.8. The van der Waals surface area contributed by atoms with Gasteiger partial charge in [-0.15, -0.1) is 0 Å². The zero-order valence-electron chi connectivity index (χ0n) is 10.2. The van der Waals surface area contributed by atoms with Gasteiger partial charge in [-0.3, -0.25) is 9.69 Å². The Morgan fingerprint density at radius 3 is 2.44 bits per heavy atom. The van der Waals surface area contributed by atoms with Crippen LogP contribution in [0.5, 0.6) is 5.75 Å². The molecule has 98 valence electrons. The minimum absolute atomic E-state index is 0.257. The average molecular weight is 252 g/mol. The molecule has 1 saturated heterocycles. The minimum atomic E-state index is -0.257. The van der Waals surface area contributed by atoms with Gasteiger partial charge in [-0.25, -0.2) is 4.39 Å². The number of rotatable bonds is 5. The molecule has 1 aromatic carbocycles. The van der Waals surface area contributed by atoms with Crippen molar-refractivity contribution in [1.82, 2.24) is 9.80 Å². The van der Waals surface area contributed by atoms with Crippen LogP contribution in [0.4, 0.5) is 4.39 Å². The highest BCUT2D eigenvalue weighted by molar-refractivity contribution is 5.47. The molecule has 1 fully saturated rings. The predicted molar refractivity (Wildman–Crippen MR) is 66.0 cm³/mol. The van der Waals surface area contributed by atoms with Crippen molar-refractivity contribution in [2.24, 2.45) is 0 Å². The van der Waals surface area contributed by atoms with Gasteiger partial charge in [0.2, 0.25) is 6.41 Å². The van der Waals surface area contributed by atoms with Gasteiger partial charge in [-0.1, -0.05) is 0 Å². The SMILES string of the molecule is O=CN1CCN(CCOc2ccc(F)cc2)CC1. The van der Waals surface area contributed by atoms with Gasteiger partial charge in [0.15, 0.2) is 0 Å². The second kappa shape index (κ2) is 6.35. The third-order valence-electron chi connectivity index (χ3n) is 3.05. The highest BCUT2D eigenvalue weighted by Gasteiger charge is 2.14. The molecule has 0 spiro atoms. The van der Waals surface area contributed by atoms with Crippen molar-refractivity contribution in [3.8, 4) is 5.75 Å². The molecule has 1 amide bonds. The number of piperazine rings is 1. The number of hydrogen-bond donors (Lipinski definition) is 0. The number of benzene rings is 1. The quantitative estimate of drug-likeness (QED) is 0.732. The predicted octanol–water partition coefficient (Wildman–Crippen LogP) is 0.978. The van der Waals surface area contributed by atoms with Crippen LogP contribution in [-0.4, -0.2) is 55.5 Å². The van der Waals surface area contributed by atoms with Crippen molar-refractivity contribution in [3.63, 3.8) is 0 Å². The molecule has 0 aromatic heterocycles. The van der Waals surface area contributed by atoms with Crippen LogP contribution in [0.3, 0.4) is 0 Å². The molecule has 18 heavy (non-hydrogen) atoms.